The average Bonchev–Trinajstić information content (AvgIpc) is 2.64. The molecule has 0 N–H and O–H groups in total. The van der Waals surface area contributed by atoms with Crippen molar-refractivity contribution >= 4 is 34.5 Å². The standard InChI is InChI=1S/C19H16Cl2N2.C2H6/c1-3-23-13(2)9-10-16(14-7-5-4-6-8-14)19(23)18-17(21)11-15(20)12-22-18;1-2/h4-12H,2-3H2,1H3;1-2H3. The minimum Gasteiger partial charge on any atom is -0.340 e. The van der Waals surface area contributed by atoms with Crippen LogP contribution in [0.3, 0.4) is 0 Å². The highest BCUT2D eigenvalue weighted by Gasteiger charge is 2.23. The zero-order chi connectivity index (χ0) is 18.4. The molecule has 0 amide bonds. The third kappa shape index (κ3) is 4.15. The topological polar surface area (TPSA) is 16.1 Å². The van der Waals surface area contributed by atoms with E-state index in [4.69, 9.17) is 23.2 Å². The molecular formula is C21H22Cl2N2. The van der Waals surface area contributed by atoms with Crippen LogP contribution in [0.4, 0.5) is 0 Å². The van der Waals surface area contributed by atoms with E-state index in [9.17, 15) is 0 Å². The lowest BCUT2D eigenvalue weighted by molar-refractivity contribution is 0.530. The second kappa shape index (κ2) is 8.89. The fourth-order valence-corrected chi connectivity index (χ4v) is 3.16. The number of likely N-dealkylation sites (N-methyl/N-ethyl adjacent to an activating group) is 1. The van der Waals surface area contributed by atoms with Gasteiger partial charge < -0.3 is 4.90 Å². The summed E-state index contributed by atoms with van der Waals surface area (Å²) in [5.74, 6) is 0. The smallest absolute Gasteiger partial charge is 0.106 e. The lowest BCUT2D eigenvalue weighted by Gasteiger charge is -2.31. The van der Waals surface area contributed by atoms with Gasteiger partial charge in [0, 0.05) is 24.0 Å². The van der Waals surface area contributed by atoms with E-state index in [0.29, 0.717) is 15.7 Å². The van der Waals surface area contributed by atoms with Gasteiger partial charge in [0.2, 0.25) is 0 Å². The molecule has 3 rings (SSSR count). The Balaban J connectivity index is 0.00000109. The van der Waals surface area contributed by atoms with Gasteiger partial charge in [0.05, 0.1) is 15.7 Å². The van der Waals surface area contributed by atoms with Crippen molar-refractivity contribution < 1.29 is 0 Å². The normalized spacial score (nSPS) is 13.6. The maximum absolute atomic E-state index is 6.42. The van der Waals surface area contributed by atoms with Crippen molar-refractivity contribution in [2.24, 2.45) is 0 Å². The first-order valence-electron chi connectivity index (χ1n) is 8.37. The second-order valence-corrected chi connectivity index (χ2v) is 6.02. The lowest BCUT2D eigenvalue weighted by atomic mass is 9.97. The van der Waals surface area contributed by atoms with Gasteiger partial charge in [0.15, 0.2) is 0 Å². The summed E-state index contributed by atoms with van der Waals surface area (Å²) in [6.07, 6.45) is 5.69. The Morgan fingerprint density at radius 1 is 1.08 bits per heavy atom. The van der Waals surface area contributed by atoms with Crippen LogP contribution in [-0.4, -0.2) is 16.4 Å². The van der Waals surface area contributed by atoms with Crippen molar-refractivity contribution in [3.63, 3.8) is 0 Å². The van der Waals surface area contributed by atoms with Crippen molar-refractivity contribution in [1.29, 1.82) is 0 Å². The van der Waals surface area contributed by atoms with Gasteiger partial charge in [0.25, 0.3) is 0 Å². The molecule has 2 nitrogen and oxygen atoms in total. The van der Waals surface area contributed by atoms with Crippen LogP contribution in [-0.2, 0) is 0 Å². The van der Waals surface area contributed by atoms with E-state index in [2.05, 4.69) is 41.6 Å². The maximum Gasteiger partial charge on any atom is 0.106 e. The van der Waals surface area contributed by atoms with Crippen molar-refractivity contribution in [1.82, 2.24) is 9.88 Å². The number of aromatic nitrogens is 1. The Kier molecular flexibility index (Phi) is 6.86. The Hall–Kier alpha value is -2.03. The summed E-state index contributed by atoms with van der Waals surface area (Å²) in [5.41, 5.74) is 4.75. The largest absolute Gasteiger partial charge is 0.340 e. The molecule has 130 valence electrons. The molecule has 0 radical (unpaired) electrons. The molecule has 1 aromatic carbocycles. The minimum atomic E-state index is 0.522. The number of allylic oxidation sites excluding steroid dienone is 3. The second-order valence-electron chi connectivity index (χ2n) is 5.18. The van der Waals surface area contributed by atoms with E-state index in [1.807, 2.05) is 38.1 Å². The summed E-state index contributed by atoms with van der Waals surface area (Å²) in [4.78, 5) is 6.59. The average molecular weight is 373 g/mol. The molecular weight excluding hydrogens is 351 g/mol. The van der Waals surface area contributed by atoms with Gasteiger partial charge in [-0.2, -0.15) is 0 Å². The molecule has 2 heterocycles. The van der Waals surface area contributed by atoms with Crippen molar-refractivity contribution in [2.45, 2.75) is 20.8 Å². The third-order valence-electron chi connectivity index (χ3n) is 3.75. The first-order chi connectivity index (χ1) is 12.1. The van der Waals surface area contributed by atoms with E-state index in [-0.39, 0.29) is 0 Å². The zero-order valence-corrected chi connectivity index (χ0v) is 16.3. The quantitative estimate of drug-likeness (QED) is 0.596. The van der Waals surface area contributed by atoms with Crippen molar-refractivity contribution in [3.05, 3.63) is 88.3 Å². The number of rotatable bonds is 3. The van der Waals surface area contributed by atoms with Crippen LogP contribution in [0, 0.1) is 0 Å². The number of benzene rings is 1. The van der Waals surface area contributed by atoms with Gasteiger partial charge in [-0.15, -0.1) is 0 Å². The highest BCUT2D eigenvalue weighted by molar-refractivity contribution is 6.35. The first kappa shape index (κ1) is 19.3. The molecule has 0 saturated heterocycles. The lowest BCUT2D eigenvalue weighted by Crippen LogP contribution is -2.23. The molecule has 2 aromatic rings. The number of nitrogens with zero attached hydrogens (tertiary/aromatic N) is 2. The molecule has 0 fully saturated rings. The van der Waals surface area contributed by atoms with Gasteiger partial charge in [-0.3, -0.25) is 4.98 Å². The number of pyridine rings is 1. The molecule has 1 aliphatic rings. The highest BCUT2D eigenvalue weighted by Crippen LogP contribution is 2.38. The van der Waals surface area contributed by atoms with Crippen LogP contribution in [0.2, 0.25) is 10.0 Å². The zero-order valence-electron chi connectivity index (χ0n) is 14.8. The van der Waals surface area contributed by atoms with Crippen molar-refractivity contribution in [2.75, 3.05) is 6.54 Å². The van der Waals surface area contributed by atoms with E-state index in [0.717, 1.165) is 29.1 Å². The predicted octanol–water partition coefficient (Wildman–Crippen LogP) is 6.69. The van der Waals surface area contributed by atoms with Gasteiger partial charge in [-0.1, -0.05) is 80.0 Å². The van der Waals surface area contributed by atoms with Gasteiger partial charge >= 0.3 is 0 Å². The molecule has 0 atom stereocenters. The number of hydrogen-bond acceptors (Lipinski definition) is 2. The fraction of sp³-hybridized carbons (Fsp3) is 0.190. The van der Waals surface area contributed by atoms with E-state index in [1.54, 1.807) is 12.3 Å². The molecule has 1 aliphatic heterocycles. The van der Waals surface area contributed by atoms with Crippen LogP contribution in [0.15, 0.2) is 67.0 Å². The summed E-state index contributed by atoms with van der Waals surface area (Å²) in [7, 11) is 0. The summed E-state index contributed by atoms with van der Waals surface area (Å²) in [6.45, 7) is 11.0. The molecule has 25 heavy (non-hydrogen) atoms. The maximum atomic E-state index is 6.42. The summed E-state index contributed by atoms with van der Waals surface area (Å²) < 4.78 is 0. The van der Waals surface area contributed by atoms with Gasteiger partial charge in [0.1, 0.15) is 5.69 Å². The molecule has 1 aromatic heterocycles. The van der Waals surface area contributed by atoms with Gasteiger partial charge in [-0.25, -0.2) is 0 Å². The van der Waals surface area contributed by atoms with Crippen LogP contribution in [0.5, 0.6) is 0 Å². The molecule has 0 unspecified atom stereocenters. The monoisotopic (exact) mass is 372 g/mol. The summed E-state index contributed by atoms with van der Waals surface area (Å²) >= 11 is 12.4. The Bertz CT molecular complexity index is 808. The molecule has 0 bridgehead atoms. The Labute approximate surface area is 160 Å². The Morgan fingerprint density at radius 3 is 2.36 bits per heavy atom. The van der Waals surface area contributed by atoms with E-state index < -0.39 is 0 Å². The molecule has 0 aliphatic carbocycles. The van der Waals surface area contributed by atoms with E-state index in [1.165, 1.54) is 0 Å². The van der Waals surface area contributed by atoms with Gasteiger partial charge in [-0.05, 0) is 24.6 Å². The Morgan fingerprint density at radius 2 is 1.76 bits per heavy atom. The third-order valence-corrected chi connectivity index (χ3v) is 4.24. The predicted molar refractivity (Wildman–Crippen MR) is 110 cm³/mol. The van der Waals surface area contributed by atoms with Crippen LogP contribution < -0.4 is 0 Å². The highest BCUT2D eigenvalue weighted by atomic mass is 35.5. The van der Waals surface area contributed by atoms with Crippen LogP contribution >= 0.6 is 23.2 Å². The first-order valence-corrected chi connectivity index (χ1v) is 9.13. The van der Waals surface area contributed by atoms with Crippen LogP contribution in [0.1, 0.15) is 32.0 Å². The SMILES string of the molecule is C=C1C=CC(c2ccccc2)=C(c2ncc(Cl)cc2Cl)N1CC.CC. The summed E-state index contributed by atoms with van der Waals surface area (Å²) in [6, 6.07) is 11.9. The van der Waals surface area contributed by atoms with E-state index >= 15 is 0 Å². The number of hydrogen-bond donors (Lipinski definition) is 0. The molecule has 0 spiro atoms. The molecule has 4 heteroatoms. The van der Waals surface area contributed by atoms with Crippen LogP contribution in [0.25, 0.3) is 11.3 Å². The summed E-state index contributed by atoms with van der Waals surface area (Å²) in [5, 5.41) is 1.05. The minimum absolute atomic E-state index is 0.522. The van der Waals surface area contributed by atoms with Crippen molar-refractivity contribution in [3.8, 4) is 0 Å². The number of halogens is 2. The fourth-order valence-electron chi connectivity index (χ4n) is 2.69. The molecule has 0 saturated carbocycles.